The minimum atomic E-state index is -0.608. The van der Waals surface area contributed by atoms with Crippen molar-refractivity contribution in [2.75, 3.05) is 6.61 Å². The van der Waals surface area contributed by atoms with Gasteiger partial charge in [0.05, 0.1) is 12.7 Å². The van der Waals surface area contributed by atoms with Crippen molar-refractivity contribution < 1.29 is 23.5 Å². The van der Waals surface area contributed by atoms with Crippen LogP contribution < -0.4 is 10.6 Å². The summed E-state index contributed by atoms with van der Waals surface area (Å²) in [5, 5.41) is 5.36. The van der Waals surface area contributed by atoms with Crippen LogP contribution in [0.5, 0.6) is 0 Å². The summed E-state index contributed by atoms with van der Waals surface area (Å²) < 4.78 is 10.1. The van der Waals surface area contributed by atoms with Crippen molar-refractivity contribution in [1.29, 1.82) is 0 Å². The number of hydrogen-bond acceptors (Lipinski definition) is 5. The predicted molar refractivity (Wildman–Crippen MR) is 95.6 cm³/mol. The maximum Gasteiger partial charge on any atom is 0.321 e. The van der Waals surface area contributed by atoms with Crippen LogP contribution in [-0.2, 0) is 20.7 Å². The summed E-state index contributed by atoms with van der Waals surface area (Å²) in [6.07, 6.45) is 8.99. The zero-order valence-electron chi connectivity index (χ0n) is 15.4. The molecule has 1 aromatic rings. The molecule has 4 saturated carbocycles. The monoisotopic (exact) mass is 374 g/mol. The van der Waals surface area contributed by atoms with Gasteiger partial charge in [0.25, 0.3) is 5.91 Å². The highest BCUT2D eigenvalue weighted by molar-refractivity contribution is 5.95. The maximum absolute atomic E-state index is 12.3. The molecule has 0 radical (unpaired) electrons. The summed E-state index contributed by atoms with van der Waals surface area (Å²) in [4.78, 5) is 35.9. The molecule has 146 valence electrons. The number of nitrogens with one attached hydrogen (secondary N) is 2. The third-order valence-electron chi connectivity index (χ3n) is 6.19. The third-order valence-corrected chi connectivity index (χ3v) is 6.19. The van der Waals surface area contributed by atoms with Crippen molar-refractivity contribution in [2.24, 2.45) is 17.8 Å². The molecule has 1 aromatic heterocycles. The van der Waals surface area contributed by atoms with Crippen LogP contribution in [0.3, 0.4) is 0 Å². The zero-order chi connectivity index (χ0) is 18.9. The van der Waals surface area contributed by atoms with Crippen LogP contribution in [0.25, 0.3) is 0 Å². The zero-order valence-corrected chi connectivity index (χ0v) is 15.4. The van der Waals surface area contributed by atoms with E-state index < -0.39 is 24.5 Å². The van der Waals surface area contributed by atoms with E-state index >= 15 is 0 Å². The lowest BCUT2D eigenvalue weighted by atomic mass is 9.53. The Labute approximate surface area is 158 Å². The van der Waals surface area contributed by atoms with Crippen LogP contribution in [-0.4, -0.2) is 30.1 Å². The number of esters is 1. The van der Waals surface area contributed by atoms with Gasteiger partial charge in [-0.25, -0.2) is 4.79 Å². The maximum atomic E-state index is 12.3. The number of aryl methyl sites for hydroxylation is 1. The highest BCUT2D eigenvalue weighted by Crippen LogP contribution is 2.55. The van der Waals surface area contributed by atoms with E-state index in [0.29, 0.717) is 29.9 Å². The molecule has 4 aliphatic carbocycles. The minimum absolute atomic E-state index is 0.125. The number of urea groups is 1. The molecule has 0 saturated heterocycles. The van der Waals surface area contributed by atoms with Gasteiger partial charge in [0, 0.05) is 12.0 Å². The second-order valence-corrected chi connectivity index (χ2v) is 8.44. The van der Waals surface area contributed by atoms with Crippen molar-refractivity contribution in [1.82, 2.24) is 10.6 Å². The minimum Gasteiger partial charge on any atom is -0.469 e. The van der Waals surface area contributed by atoms with E-state index in [0.717, 1.165) is 19.3 Å². The van der Waals surface area contributed by atoms with E-state index in [1.807, 2.05) is 0 Å². The Kier molecular flexibility index (Phi) is 4.93. The normalized spacial score (nSPS) is 30.7. The first kappa shape index (κ1) is 18.1. The molecule has 27 heavy (non-hydrogen) atoms. The summed E-state index contributed by atoms with van der Waals surface area (Å²) in [5.41, 5.74) is -0.154. The number of carbonyl (C=O) groups is 3. The van der Waals surface area contributed by atoms with Gasteiger partial charge in [0.2, 0.25) is 0 Å². The predicted octanol–water partition coefficient (Wildman–Crippen LogP) is 2.55. The number of hydrogen-bond donors (Lipinski definition) is 2. The number of rotatable bonds is 6. The lowest BCUT2D eigenvalue weighted by Crippen LogP contribution is -2.62. The molecule has 0 aliphatic heterocycles. The van der Waals surface area contributed by atoms with Crippen LogP contribution >= 0.6 is 0 Å². The van der Waals surface area contributed by atoms with E-state index in [9.17, 15) is 14.4 Å². The van der Waals surface area contributed by atoms with E-state index in [2.05, 4.69) is 10.6 Å². The molecule has 2 N–H and O–H groups in total. The van der Waals surface area contributed by atoms with Gasteiger partial charge < -0.3 is 14.5 Å². The average molecular weight is 374 g/mol. The number of ether oxygens (including phenoxy) is 1. The molecule has 0 unspecified atom stereocenters. The standard InChI is InChI=1S/C20H26N2O5/c23-17(12-27-18(24)4-3-16-2-1-5-26-16)21-19(25)22-20-9-13-6-14(10-20)8-15(7-13)11-20/h1-2,5,13-15H,3-4,6-12H2,(H2,21,22,23,25). The Hall–Kier alpha value is -2.31. The SMILES string of the molecule is O=C(COC(=O)CCc1ccco1)NC(=O)NC12CC3CC(CC(C3)C1)C2. The number of amides is 3. The molecular weight excluding hydrogens is 348 g/mol. The van der Waals surface area contributed by atoms with Gasteiger partial charge in [-0.15, -0.1) is 0 Å². The highest BCUT2D eigenvalue weighted by Gasteiger charge is 2.51. The molecule has 4 bridgehead atoms. The summed E-state index contributed by atoms with van der Waals surface area (Å²) in [6, 6.07) is 3.04. The van der Waals surface area contributed by atoms with Gasteiger partial charge in [0.15, 0.2) is 6.61 Å². The Bertz CT molecular complexity index is 677. The molecule has 0 aromatic carbocycles. The first-order valence-corrected chi connectivity index (χ1v) is 9.80. The second-order valence-electron chi connectivity index (χ2n) is 8.44. The van der Waals surface area contributed by atoms with Crippen molar-refractivity contribution >= 4 is 17.9 Å². The molecule has 0 atom stereocenters. The summed E-state index contributed by atoms with van der Waals surface area (Å²) in [6.45, 7) is -0.453. The lowest BCUT2D eigenvalue weighted by molar-refractivity contribution is -0.148. The van der Waals surface area contributed by atoms with Crippen LogP contribution in [0.15, 0.2) is 22.8 Å². The van der Waals surface area contributed by atoms with Crippen LogP contribution in [0.4, 0.5) is 4.79 Å². The van der Waals surface area contributed by atoms with Crippen molar-refractivity contribution in [3.05, 3.63) is 24.2 Å². The molecule has 1 heterocycles. The molecule has 3 amide bonds. The van der Waals surface area contributed by atoms with Crippen LogP contribution in [0.1, 0.15) is 50.7 Å². The van der Waals surface area contributed by atoms with E-state index in [-0.39, 0.29) is 12.0 Å². The van der Waals surface area contributed by atoms with Crippen molar-refractivity contribution in [3.8, 4) is 0 Å². The molecule has 4 fully saturated rings. The largest absolute Gasteiger partial charge is 0.469 e. The summed E-state index contributed by atoms with van der Waals surface area (Å²) >= 11 is 0. The second kappa shape index (κ2) is 7.37. The molecule has 5 rings (SSSR count). The van der Waals surface area contributed by atoms with Crippen LogP contribution in [0.2, 0.25) is 0 Å². The molecule has 4 aliphatic rings. The summed E-state index contributed by atoms with van der Waals surface area (Å²) in [5.74, 6) is 1.71. The molecule has 7 heteroatoms. The fourth-order valence-corrected chi connectivity index (χ4v) is 5.60. The Morgan fingerprint density at radius 3 is 2.37 bits per heavy atom. The average Bonchev–Trinajstić information content (AvgIpc) is 3.09. The molecule has 0 spiro atoms. The highest BCUT2D eigenvalue weighted by atomic mass is 16.5. The fraction of sp³-hybridized carbons (Fsp3) is 0.650. The number of imide groups is 1. The first-order chi connectivity index (χ1) is 13.0. The van der Waals surface area contributed by atoms with Gasteiger partial charge in [-0.1, -0.05) is 0 Å². The van der Waals surface area contributed by atoms with E-state index in [1.54, 1.807) is 12.1 Å². The topological polar surface area (TPSA) is 97.6 Å². The van der Waals surface area contributed by atoms with E-state index in [4.69, 9.17) is 9.15 Å². The Morgan fingerprint density at radius 1 is 1.11 bits per heavy atom. The van der Waals surface area contributed by atoms with Gasteiger partial charge in [0.1, 0.15) is 5.76 Å². The van der Waals surface area contributed by atoms with Crippen molar-refractivity contribution in [2.45, 2.75) is 56.9 Å². The van der Waals surface area contributed by atoms with Crippen molar-refractivity contribution in [3.63, 3.8) is 0 Å². The number of carbonyl (C=O) groups excluding carboxylic acids is 3. The van der Waals surface area contributed by atoms with Gasteiger partial charge in [-0.3, -0.25) is 14.9 Å². The van der Waals surface area contributed by atoms with E-state index in [1.165, 1.54) is 25.5 Å². The smallest absolute Gasteiger partial charge is 0.321 e. The van der Waals surface area contributed by atoms with Gasteiger partial charge >= 0.3 is 12.0 Å². The van der Waals surface area contributed by atoms with Gasteiger partial charge in [-0.2, -0.15) is 0 Å². The fourth-order valence-electron chi connectivity index (χ4n) is 5.60. The summed E-state index contributed by atoms with van der Waals surface area (Å²) in [7, 11) is 0. The Balaban J connectivity index is 1.18. The quantitative estimate of drug-likeness (QED) is 0.746. The third kappa shape index (κ3) is 4.34. The number of furan rings is 1. The van der Waals surface area contributed by atoms with Gasteiger partial charge in [-0.05, 0) is 68.4 Å². The lowest BCUT2D eigenvalue weighted by Gasteiger charge is -2.56. The van der Waals surface area contributed by atoms with Crippen LogP contribution in [0, 0.1) is 17.8 Å². The molecular formula is C20H26N2O5. The first-order valence-electron chi connectivity index (χ1n) is 9.80. The Morgan fingerprint density at radius 2 is 1.78 bits per heavy atom. The molecule has 7 nitrogen and oxygen atoms in total.